The second kappa shape index (κ2) is 6.34. The lowest BCUT2D eigenvalue weighted by atomic mass is 10.0. The largest absolute Gasteiger partial charge is 0.353 e. The number of carbonyl (C=O) groups is 1. The zero-order valence-electron chi connectivity index (χ0n) is 13.4. The van der Waals surface area contributed by atoms with Gasteiger partial charge < -0.3 is 10.2 Å². The Morgan fingerprint density at radius 1 is 1.20 bits per heavy atom. The molecule has 0 saturated carbocycles. The number of aromatic amines is 1. The fourth-order valence-electron chi connectivity index (χ4n) is 3.06. The molecule has 9 nitrogen and oxygen atoms in total. The van der Waals surface area contributed by atoms with Gasteiger partial charge >= 0.3 is 5.69 Å². The molecule has 4 heterocycles. The normalized spacial score (nSPS) is 15.4. The van der Waals surface area contributed by atoms with Crippen molar-refractivity contribution in [2.24, 2.45) is 0 Å². The summed E-state index contributed by atoms with van der Waals surface area (Å²) >= 11 is 0. The number of fused-ring (bicyclic) bond motifs is 1. The summed E-state index contributed by atoms with van der Waals surface area (Å²) in [4.78, 5) is 34.3. The first-order chi connectivity index (χ1) is 12.2. The van der Waals surface area contributed by atoms with Crippen LogP contribution in [0.15, 0.2) is 41.7 Å². The molecule has 1 fully saturated rings. The number of pyridine rings is 1. The second-order valence-electron chi connectivity index (χ2n) is 5.94. The summed E-state index contributed by atoms with van der Waals surface area (Å²) in [5.74, 6) is 0.597. The van der Waals surface area contributed by atoms with E-state index in [1.54, 1.807) is 36.9 Å². The average molecular weight is 339 g/mol. The molecule has 3 aromatic heterocycles. The number of anilines is 1. The van der Waals surface area contributed by atoms with E-state index < -0.39 is 0 Å². The van der Waals surface area contributed by atoms with Gasteiger partial charge in [0.05, 0.1) is 0 Å². The number of hydrogen-bond donors (Lipinski definition) is 2. The molecule has 0 radical (unpaired) electrons. The fourth-order valence-corrected chi connectivity index (χ4v) is 3.06. The zero-order chi connectivity index (χ0) is 17.2. The van der Waals surface area contributed by atoms with Gasteiger partial charge in [-0.2, -0.15) is 0 Å². The maximum absolute atomic E-state index is 12.2. The molecule has 0 atom stereocenters. The monoisotopic (exact) mass is 339 g/mol. The maximum Gasteiger partial charge on any atom is 0.347 e. The molecule has 1 aliphatic heterocycles. The van der Waals surface area contributed by atoms with Crippen LogP contribution in [0.3, 0.4) is 0 Å². The third-order valence-electron chi connectivity index (χ3n) is 4.39. The van der Waals surface area contributed by atoms with Crippen LogP contribution < -0.4 is 15.9 Å². The number of carbonyl (C=O) groups excluding carboxylic acids is 1. The predicted molar refractivity (Wildman–Crippen MR) is 90.5 cm³/mol. The van der Waals surface area contributed by atoms with Gasteiger partial charge in [0.15, 0.2) is 5.82 Å². The number of hydrogen-bond acceptors (Lipinski definition) is 6. The average Bonchev–Trinajstić information content (AvgIpc) is 3.04. The molecule has 128 valence electrons. The van der Waals surface area contributed by atoms with E-state index in [4.69, 9.17) is 0 Å². The Labute approximate surface area is 142 Å². The first kappa shape index (κ1) is 15.3. The Balaban J connectivity index is 1.43. The van der Waals surface area contributed by atoms with Gasteiger partial charge in [0.1, 0.15) is 0 Å². The van der Waals surface area contributed by atoms with E-state index in [2.05, 4.69) is 30.4 Å². The molecule has 0 aromatic carbocycles. The van der Waals surface area contributed by atoms with Gasteiger partial charge in [-0.3, -0.25) is 9.78 Å². The first-order valence-electron chi connectivity index (χ1n) is 8.10. The van der Waals surface area contributed by atoms with E-state index in [0.717, 1.165) is 25.9 Å². The van der Waals surface area contributed by atoms with Crippen LogP contribution in [0.25, 0.3) is 5.65 Å². The molecule has 1 amide bonds. The van der Waals surface area contributed by atoms with Crippen molar-refractivity contribution in [1.29, 1.82) is 0 Å². The minimum absolute atomic E-state index is 0.0834. The summed E-state index contributed by atoms with van der Waals surface area (Å²) in [6.07, 6.45) is 8.00. The summed E-state index contributed by atoms with van der Waals surface area (Å²) in [5, 5.41) is 9.54. The molecule has 1 aliphatic rings. The highest BCUT2D eigenvalue weighted by Gasteiger charge is 2.24. The van der Waals surface area contributed by atoms with E-state index in [-0.39, 0.29) is 17.6 Å². The van der Waals surface area contributed by atoms with E-state index in [1.165, 1.54) is 4.40 Å². The number of aromatic nitrogens is 5. The van der Waals surface area contributed by atoms with E-state index in [1.807, 2.05) is 0 Å². The molecule has 0 spiro atoms. The van der Waals surface area contributed by atoms with Crippen molar-refractivity contribution in [2.45, 2.75) is 18.9 Å². The highest BCUT2D eigenvalue weighted by atomic mass is 16.2. The standard InChI is InChI=1S/C16H17N7O2/c24-15(11-1-5-17-6-2-11)19-12-3-8-22(9-4-12)13-14-20-21-16(25)23(14)10-7-18-13/h1-2,5-7,10,12H,3-4,8-9H2,(H,19,24)(H,21,25). The summed E-state index contributed by atoms with van der Waals surface area (Å²) in [6, 6.07) is 3.51. The minimum atomic E-state index is -0.279. The van der Waals surface area contributed by atoms with Crippen molar-refractivity contribution in [1.82, 2.24) is 29.9 Å². The molecule has 0 aliphatic carbocycles. The number of H-pyrrole nitrogens is 1. The lowest BCUT2D eigenvalue weighted by Crippen LogP contribution is -2.45. The zero-order valence-corrected chi connectivity index (χ0v) is 13.4. The highest BCUT2D eigenvalue weighted by molar-refractivity contribution is 5.94. The minimum Gasteiger partial charge on any atom is -0.353 e. The van der Waals surface area contributed by atoms with Gasteiger partial charge in [-0.25, -0.2) is 19.3 Å². The lowest BCUT2D eigenvalue weighted by Gasteiger charge is -2.33. The fraction of sp³-hybridized carbons (Fsp3) is 0.312. The van der Waals surface area contributed by atoms with Crippen molar-refractivity contribution >= 4 is 17.4 Å². The Morgan fingerprint density at radius 2 is 1.96 bits per heavy atom. The Morgan fingerprint density at radius 3 is 2.72 bits per heavy atom. The molecule has 0 bridgehead atoms. The third kappa shape index (κ3) is 2.95. The second-order valence-corrected chi connectivity index (χ2v) is 5.94. The molecule has 9 heteroatoms. The third-order valence-corrected chi connectivity index (χ3v) is 4.39. The van der Waals surface area contributed by atoms with Gasteiger partial charge in [-0.05, 0) is 25.0 Å². The van der Waals surface area contributed by atoms with Crippen LogP contribution in [0.2, 0.25) is 0 Å². The van der Waals surface area contributed by atoms with Gasteiger partial charge in [0.25, 0.3) is 5.91 Å². The van der Waals surface area contributed by atoms with Gasteiger partial charge in [-0.15, -0.1) is 5.10 Å². The quantitative estimate of drug-likeness (QED) is 0.706. The summed E-state index contributed by atoms with van der Waals surface area (Å²) < 4.78 is 1.44. The summed E-state index contributed by atoms with van der Waals surface area (Å²) in [7, 11) is 0. The number of nitrogens with one attached hydrogen (secondary N) is 2. The number of nitrogens with zero attached hydrogens (tertiary/aromatic N) is 5. The molecule has 1 saturated heterocycles. The highest BCUT2D eigenvalue weighted by Crippen LogP contribution is 2.20. The van der Waals surface area contributed by atoms with E-state index in [9.17, 15) is 9.59 Å². The van der Waals surface area contributed by atoms with Crippen LogP contribution in [0, 0.1) is 0 Å². The van der Waals surface area contributed by atoms with Crippen LogP contribution in [0.5, 0.6) is 0 Å². The van der Waals surface area contributed by atoms with Gasteiger partial charge in [-0.1, -0.05) is 0 Å². The van der Waals surface area contributed by atoms with Crippen LogP contribution in [0.4, 0.5) is 5.82 Å². The molecule has 2 N–H and O–H groups in total. The van der Waals surface area contributed by atoms with Crippen LogP contribution in [-0.2, 0) is 0 Å². The Kier molecular flexibility index (Phi) is 3.88. The first-order valence-corrected chi connectivity index (χ1v) is 8.10. The van der Waals surface area contributed by atoms with Gasteiger partial charge in [0, 0.05) is 49.5 Å². The molecule has 3 aromatic rings. The summed E-state index contributed by atoms with van der Waals surface area (Å²) in [6.45, 7) is 1.46. The SMILES string of the molecule is O=C(NC1CCN(c2nccn3c(=O)[nH]nc23)CC1)c1ccncc1. The van der Waals surface area contributed by atoms with Crippen molar-refractivity contribution in [2.75, 3.05) is 18.0 Å². The predicted octanol–water partition coefficient (Wildman–Crippen LogP) is 0.211. The van der Waals surface area contributed by atoms with Crippen molar-refractivity contribution < 1.29 is 4.79 Å². The molecule has 4 rings (SSSR count). The van der Waals surface area contributed by atoms with Crippen molar-refractivity contribution in [3.63, 3.8) is 0 Å². The van der Waals surface area contributed by atoms with Crippen molar-refractivity contribution in [3.05, 3.63) is 53.0 Å². The van der Waals surface area contributed by atoms with Gasteiger partial charge in [0.2, 0.25) is 5.65 Å². The molecule has 0 unspecified atom stereocenters. The topological polar surface area (TPSA) is 108 Å². The number of rotatable bonds is 3. The maximum atomic E-state index is 12.2. The number of piperidine rings is 1. The molecular formula is C16H17N7O2. The Bertz CT molecular complexity index is 942. The van der Waals surface area contributed by atoms with Crippen LogP contribution in [0.1, 0.15) is 23.2 Å². The van der Waals surface area contributed by atoms with E-state index >= 15 is 0 Å². The smallest absolute Gasteiger partial charge is 0.347 e. The summed E-state index contributed by atoms with van der Waals surface area (Å²) in [5.41, 5.74) is 0.852. The number of amides is 1. The van der Waals surface area contributed by atoms with Crippen molar-refractivity contribution in [3.8, 4) is 0 Å². The molecular weight excluding hydrogens is 322 g/mol. The van der Waals surface area contributed by atoms with E-state index in [0.29, 0.717) is 17.0 Å². The van der Waals surface area contributed by atoms with Crippen LogP contribution in [-0.4, -0.2) is 49.6 Å². The lowest BCUT2D eigenvalue weighted by molar-refractivity contribution is 0.0931. The molecule has 25 heavy (non-hydrogen) atoms. The van der Waals surface area contributed by atoms with Crippen LogP contribution >= 0.6 is 0 Å². The Hall–Kier alpha value is -3.23.